The van der Waals surface area contributed by atoms with E-state index in [9.17, 15) is 4.79 Å². The van der Waals surface area contributed by atoms with Crippen molar-refractivity contribution in [2.75, 3.05) is 68.1 Å². The normalized spacial score (nSPS) is 17.1. The molecule has 4 rings (SSSR count). The number of anilines is 3. The number of piperidine rings is 1. The Bertz CT molecular complexity index is 843. The largest absolute Gasteiger partial charge is 0.378 e. The standard InChI is InChI=1S/C25H34N4O2/c1-27(19-21-7-3-4-8-24(21)29-13-5-2-6-14-29)20-25(30)26-22-9-11-23(12-10-22)28-15-17-31-18-16-28/h3-4,7-12H,2,5-6,13-20H2,1H3,(H,26,30). The second-order valence-corrected chi connectivity index (χ2v) is 8.54. The van der Waals surface area contributed by atoms with Crippen LogP contribution in [-0.2, 0) is 16.1 Å². The van der Waals surface area contributed by atoms with Crippen molar-refractivity contribution in [2.45, 2.75) is 25.8 Å². The van der Waals surface area contributed by atoms with E-state index in [0.717, 1.165) is 51.6 Å². The number of hydrogen-bond donors (Lipinski definition) is 1. The number of para-hydroxylation sites is 1. The first-order valence-electron chi connectivity index (χ1n) is 11.4. The number of hydrogen-bond acceptors (Lipinski definition) is 5. The molecule has 31 heavy (non-hydrogen) atoms. The van der Waals surface area contributed by atoms with Crippen LogP contribution in [0.3, 0.4) is 0 Å². The van der Waals surface area contributed by atoms with Gasteiger partial charge in [-0.3, -0.25) is 9.69 Å². The van der Waals surface area contributed by atoms with Crippen LogP contribution in [0.15, 0.2) is 48.5 Å². The highest BCUT2D eigenvalue weighted by molar-refractivity contribution is 5.92. The molecular weight excluding hydrogens is 388 g/mol. The molecule has 6 nitrogen and oxygen atoms in total. The molecule has 6 heteroatoms. The summed E-state index contributed by atoms with van der Waals surface area (Å²) in [6.07, 6.45) is 3.85. The highest BCUT2D eigenvalue weighted by Crippen LogP contribution is 2.25. The molecule has 2 aromatic rings. The molecule has 0 saturated carbocycles. The van der Waals surface area contributed by atoms with Gasteiger partial charge in [-0.2, -0.15) is 0 Å². The fraction of sp³-hybridized carbons (Fsp3) is 0.480. The van der Waals surface area contributed by atoms with Gasteiger partial charge in [-0.25, -0.2) is 0 Å². The SMILES string of the molecule is CN(CC(=O)Nc1ccc(N2CCOCC2)cc1)Cc1ccccc1N1CCCCC1. The lowest BCUT2D eigenvalue weighted by Crippen LogP contribution is -2.36. The Kier molecular flexibility index (Phi) is 7.43. The summed E-state index contributed by atoms with van der Waals surface area (Å²) in [5.74, 6) is 0.0112. The third kappa shape index (κ3) is 5.99. The third-order valence-electron chi connectivity index (χ3n) is 6.07. The minimum atomic E-state index is 0.0112. The molecule has 1 amide bonds. The van der Waals surface area contributed by atoms with Crippen molar-refractivity contribution < 1.29 is 9.53 Å². The maximum Gasteiger partial charge on any atom is 0.238 e. The average molecular weight is 423 g/mol. The quantitative estimate of drug-likeness (QED) is 0.739. The fourth-order valence-corrected chi connectivity index (χ4v) is 4.46. The Morgan fingerprint density at radius 3 is 2.39 bits per heavy atom. The van der Waals surface area contributed by atoms with Crippen LogP contribution in [0.5, 0.6) is 0 Å². The van der Waals surface area contributed by atoms with Crippen LogP contribution >= 0.6 is 0 Å². The molecule has 0 spiro atoms. The van der Waals surface area contributed by atoms with Gasteiger partial charge < -0.3 is 19.9 Å². The molecular formula is C25H34N4O2. The van der Waals surface area contributed by atoms with Gasteiger partial charge in [0.25, 0.3) is 0 Å². The van der Waals surface area contributed by atoms with E-state index >= 15 is 0 Å². The summed E-state index contributed by atoms with van der Waals surface area (Å²) in [5.41, 5.74) is 4.61. The molecule has 166 valence electrons. The summed E-state index contributed by atoms with van der Waals surface area (Å²) >= 11 is 0. The number of amides is 1. The van der Waals surface area contributed by atoms with Gasteiger partial charge in [0, 0.05) is 49.8 Å². The lowest BCUT2D eigenvalue weighted by Gasteiger charge is -2.31. The van der Waals surface area contributed by atoms with Gasteiger partial charge >= 0.3 is 0 Å². The van der Waals surface area contributed by atoms with E-state index in [0.29, 0.717) is 6.54 Å². The van der Waals surface area contributed by atoms with Gasteiger partial charge in [-0.15, -0.1) is 0 Å². The van der Waals surface area contributed by atoms with E-state index in [-0.39, 0.29) is 5.91 Å². The molecule has 1 N–H and O–H groups in total. The van der Waals surface area contributed by atoms with Crippen LogP contribution in [0, 0.1) is 0 Å². The number of benzene rings is 2. The van der Waals surface area contributed by atoms with Gasteiger partial charge in [0.15, 0.2) is 0 Å². The van der Waals surface area contributed by atoms with Crippen LogP contribution in [0.2, 0.25) is 0 Å². The minimum Gasteiger partial charge on any atom is -0.378 e. The van der Waals surface area contributed by atoms with Crippen LogP contribution in [-0.4, -0.2) is 63.8 Å². The first kappa shape index (κ1) is 21.7. The monoisotopic (exact) mass is 422 g/mol. The minimum absolute atomic E-state index is 0.0112. The first-order chi connectivity index (χ1) is 15.2. The van der Waals surface area contributed by atoms with E-state index in [4.69, 9.17) is 4.74 Å². The zero-order valence-electron chi connectivity index (χ0n) is 18.6. The second-order valence-electron chi connectivity index (χ2n) is 8.54. The summed E-state index contributed by atoms with van der Waals surface area (Å²) in [7, 11) is 2.01. The summed E-state index contributed by atoms with van der Waals surface area (Å²) in [5, 5.41) is 3.03. The number of carbonyl (C=O) groups excluding carboxylic acids is 1. The molecule has 0 atom stereocenters. The fourth-order valence-electron chi connectivity index (χ4n) is 4.46. The van der Waals surface area contributed by atoms with Crippen molar-refractivity contribution in [3.05, 3.63) is 54.1 Å². The van der Waals surface area contributed by atoms with Crippen molar-refractivity contribution >= 4 is 23.0 Å². The molecule has 0 unspecified atom stereocenters. The van der Waals surface area contributed by atoms with Crippen molar-refractivity contribution in [2.24, 2.45) is 0 Å². The number of morpholine rings is 1. The molecule has 2 fully saturated rings. The van der Waals surface area contributed by atoms with Gasteiger partial charge in [-0.05, 0) is 62.2 Å². The molecule has 2 saturated heterocycles. The summed E-state index contributed by atoms with van der Waals surface area (Å²) in [6, 6.07) is 16.7. The maximum absolute atomic E-state index is 12.6. The maximum atomic E-state index is 12.6. The third-order valence-corrected chi connectivity index (χ3v) is 6.07. The van der Waals surface area contributed by atoms with E-state index in [1.54, 1.807) is 0 Å². The number of carbonyl (C=O) groups is 1. The van der Waals surface area contributed by atoms with Gasteiger partial charge in [0.2, 0.25) is 5.91 Å². The van der Waals surface area contributed by atoms with Gasteiger partial charge in [0.1, 0.15) is 0 Å². The molecule has 2 aromatic carbocycles. The van der Waals surface area contributed by atoms with Crippen molar-refractivity contribution in [1.82, 2.24) is 4.90 Å². The Balaban J connectivity index is 1.30. The van der Waals surface area contributed by atoms with Crippen LogP contribution in [0.1, 0.15) is 24.8 Å². The molecule has 2 aliphatic rings. The van der Waals surface area contributed by atoms with Gasteiger partial charge in [0.05, 0.1) is 19.8 Å². The number of ether oxygens (including phenoxy) is 1. The Morgan fingerprint density at radius 2 is 1.65 bits per heavy atom. The molecule has 2 aliphatic heterocycles. The molecule has 0 radical (unpaired) electrons. The summed E-state index contributed by atoms with van der Waals surface area (Å²) < 4.78 is 5.41. The first-order valence-corrected chi connectivity index (χ1v) is 11.4. The molecule has 2 heterocycles. The van der Waals surface area contributed by atoms with Crippen molar-refractivity contribution in [1.29, 1.82) is 0 Å². The van der Waals surface area contributed by atoms with Crippen LogP contribution in [0.25, 0.3) is 0 Å². The highest BCUT2D eigenvalue weighted by Gasteiger charge is 2.16. The van der Waals surface area contributed by atoms with Gasteiger partial charge in [-0.1, -0.05) is 18.2 Å². The van der Waals surface area contributed by atoms with E-state index in [1.807, 2.05) is 19.2 Å². The van der Waals surface area contributed by atoms with E-state index in [2.05, 4.69) is 56.4 Å². The predicted molar refractivity (Wildman–Crippen MR) is 127 cm³/mol. The summed E-state index contributed by atoms with van der Waals surface area (Å²) in [6.45, 7) is 6.74. The zero-order valence-corrected chi connectivity index (χ0v) is 18.6. The Morgan fingerprint density at radius 1 is 0.935 bits per heavy atom. The van der Waals surface area contributed by atoms with E-state index in [1.165, 1.54) is 36.2 Å². The predicted octanol–water partition coefficient (Wildman–Crippen LogP) is 3.58. The number of rotatable bonds is 7. The average Bonchev–Trinajstić information content (AvgIpc) is 2.81. The Labute approximate surface area is 185 Å². The zero-order chi connectivity index (χ0) is 21.5. The van der Waals surface area contributed by atoms with Crippen LogP contribution < -0.4 is 15.1 Å². The number of nitrogens with zero attached hydrogens (tertiary/aromatic N) is 3. The highest BCUT2D eigenvalue weighted by atomic mass is 16.5. The van der Waals surface area contributed by atoms with Crippen LogP contribution in [0.4, 0.5) is 17.1 Å². The number of nitrogens with one attached hydrogen (secondary N) is 1. The van der Waals surface area contributed by atoms with Crippen molar-refractivity contribution in [3.8, 4) is 0 Å². The lowest BCUT2D eigenvalue weighted by atomic mass is 10.1. The lowest BCUT2D eigenvalue weighted by molar-refractivity contribution is -0.117. The number of likely N-dealkylation sites (N-methyl/N-ethyl adjacent to an activating group) is 1. The molecule has 0 aromatic heterocycles. The second kappa shape index (κ2) is 10.6. The topological polar surface area (TPSA) is 48.1 Å². The Hall–Kier alpha value is -2.57. The summed E-state index contributed by atoms with van der Waals surface area (Å²) in [4.78, 5) is 19.5. The van der Waals surface area contributed by atoms with Crippen molar-refractivity contribution in [3.63, 3.8) is 0 Å². The molecule has 0 bridgehead atoms. The molecule has 0 aliphatic carbocycles. The van der Waals surface area contributed by atoms with E-state index < -0.39 is 0 Å². The smallest absolute Gasteiger partial charge is 0.238 e.